The minimum Gasteiger partial charge on any atom is -0.368 e. The topological polar surface area (TPSA) is 29.5 Å². The number of rotatable bonds is 3. The molecule has 1 rings (SSSR count). The molecule has 2 nitrogen and oxygen atoms in total. The zero-order valence-electron chi connectivity index (χ0n) is 6.55. The van der Waals surface area contributed by atoms with E-state index in [1.54, 1.807) is 0 Å². The first kappa shape index (κ1) is 8.02. The van der Waals surface area contributed by atoms with Crippen LogP contribution in [0.4, 0.5) is 0 Å². The lowest BCUT2D eigenvalue weighted by Gasteiger charge is -2.10. The molecule has 0 aromatic heterocycles. The van der Waals surface area contributed by atoms with Crippen LogP contribution in [0.15, 0.2) is 0 Å². The van der Waals surface area contributed by atoms with E-state index < -0.39 is 6.29 Å². The van der Waals surface area contributed by atoms with Gasteiger partial charge < -0.3 is 9.84 Å². The number of ether oxygens (including phenoxy) is 1. The Kier molecular flexibility index (Phi) is 3.16. The van der Waals surface area contributed by atoms with Gasteiger partial charge in [-0.3, -0.25) is 0 Å². The maximum Gasteiger partial charge on any atom is 0.157 e. The second-order valence-electron chi connectivity index (χ2n) is 2.95. The zero-order valence-corrected chi connectivity index (χ0v) is 6.55. The number of hydrogen-bond donors (Lipinski definition) is 1. The highest BCUT2D eigenvalue weighted by Gasteiger charge is 2.24. The molecule has 0 amide bonds. The van der Waals surface area contributed by atoms with Crippen molar-refractivity contribution < 1.29 is 9.84 Å². The molecule has 0 aliphatic carbocycles. The fourth-order valence-corrected chi connectivity index (χ4v) is 1.37. The van der Waals surface area contributed by atoms with Gasteiger partial charge >= 0.3 is 0 Å². The number of aliphatic hydroxyl groups excluding tert-OH is 1. The number of unbranched alkanes of at least 4 members (excludes halogenated alkanes) is 1. The third kappa shape index (κ3) is 1.96. The Morgan fingerprint density at radius 1 is 1.60 bits per heavy atom. The molecule has 2 heteroatoms. The second-order valence-corrected chi connectivity index (χ2v) is 2.95. The minimum atomic E-state index is -0.466. The second kappa shape index (κ2) is 3.94. The molecule has 1 heterocycles. The van der Waals surface area contributed by atoms with Crippen molar-refractivity contribution in [1.82, 2.24) is 0 Å². The van der Waals surface area contributed by atoms with Crippen molar-refractivity contribution in [3.05, 3.63) is 0 Å². The van der Waals surface area contributed by atoms with E-state index in [1.807, 2.05) is 0 Å². The lowest BCUT2D eigenvalue weighted by atomic mass is 10.0. The maximum absolute atomic E-state index is 9.19. The predicted molar refractivity (Wildman–Crippen MR) is 39.6 cm³/mol. The lowest BCUT2D eigenvalue weighted by molar-refractivity contribution is -0.0836. The first-order valence-corrected chi connectivity index (χ1v) is 4.14. The third-order valence-corrected chi connectivity index (χ3v) is 2.11. The van der Waals surface area contributed by atoms with Crippen molar-refractivity contribution in [2.45, 2.75) is 38.9 Å². The van der Waals surface area contributed by atoms with E-state index in [4.69, 9.17) is 4.74 Å². The summed E-state index contributed by atoms with van der Waals surface area (Å²) in [7, 11) is 0. The number of hydrogen-bond acceptors (Lipinski definition) is 2. The van der Waals surface area contributed by atoms with Crippen molar-refractivity contribution in [2.75, 3.05) is 6.61 Å². The number of aliphatic hydroxyl groups is 1. The first-order valence-electron chi connectivity index (χ1n) is 4.14. The average Bonchev–Trinajstić information content (AvgIpc) is 2.31. The summed E-state index contributed by atoms with van der Waals surface area (Å²) >= 11 is 0. The zero-order chi connectivity index (χ0) is 7.40. The molecule has 1 saturated heterocycles. The van der Waals surface area contributed by atoms with Gasteiger partial charge in [0, 0.05) is 5.92 Å². The predicted octanol–water partition coefficient (Wildman–Crippen LogP) is 1.53. The van der Waals surface area contributed by atoms with E-state index >= 15 is 0 Å². The van der Waals surface area contributed by atoms with E-state index in [9.17, 15) is 5.11 Å². The van der Waals surface area contributed by atoms with Crippen LogP contribution in [-0.4, -0.2) is 18.0 Å². The van der Waals surface area contributed by atoms with Crippen molar-refractivity contribution in [1.29, 1.82) is 0 Å². The van der Waals surface area contributed by atoms with Crippen LogP contribution in [0.2, 0.25) is 0 Å². The van der Waals surface area contributed by atoms with Crippen LogP contribution in [0.25, 0.3) is 0 Å². The molecule has 1 aliphatic rings. The highest BCUT2D eigenvalue weighted by atomic mass is 16.6. The maximum atomic E-state index is 9.19. The Morgan fingerprint density at radius 2 is 2.40 bits per heavy atom. The van der Waals surface area contributed by atoms with Gasteiger partial charge in [0.1, 0.15) is 0 Å². The Labute approximate surface area is 62.2 Å². The third-order valence-electron chi connectivity index (χ3n) is 2.11. The summed E-state index contributed by atoms with van der Waals surface area (Å²) in [5.41, 5.74) is 0. The molecule has 0 aromatic rings. The van der Waals surface area contributed by atoms with E-state index in [0.717, 1.165) is 19.4 Å². The summed E-state index contributed by atoms with van der Waals surface area (Å²) in [6.07, 6.45) is 4.12. The first-order chi connectivity index (χ1) is 4.84. The summed E-state index contributed by atoms with van der Waals surface area (Å²) in [5.74, 6) is 0.417. The van der Waals surface area contributed by atoms with E-state index in [1.165, 1.54) is 12.8 Å². The van der Waals surface area contributed by atoms with Gasteiger partial charge in [0.2, 0.25) is 0 Å². The van der Waals surface area contributed by atoms with Crippen LogP contribution in [0.5, 0.6) is 0 Å². The molecule has 0 spiro atoms. The van der Waals surface area contributed by atoms with E-state index in [-0.39, 0.29) is 0 Å². The summed E-state index contributed by atoms with van der Waals surface area (Å²) in [5, 5.41) is 9.19. The summed E-state index contributed by atoms with van der Waals surface area (Å²) in [4.78, 5) is 0. The molecule has 1 aliphatic heterocycles. The molecular formula is C8H16O2. The van der Waals surface area contributed by atoms with Crippen molar-refractivity contribution in [3.8, 4) is 0 Å². The van der Waals surface area contributed by atoms with Gasteiger partial charge in [0.25, 0.3) is 0 Å². The molecular weight excluding hydrogens is 128 g/mol. The monoisotopic (exact) mass is 144 g/mol. The fourth-order valence-electron chi connectivity index (χ4n) is 1.37. The smallest absolute Gasteiger partial charge is 0.157 e. The highest BCUT2D eigenvalue weighted by Crippen LogP contribution is 2.23. The summed E-state index contributed by atoms with van der Waals surface area (Å²) in [6.45, 7) is 2.91. The van der Waals surface area contributed by atoms with Gasteiger partial charge in [-0.1, -0.05) is 19.8 Å². The van der Waals surface area contributed by atoms with Crippen molar-refractivity contribution in [3.63, 3.8) is 0 Å². The van der Waals surface area contributed by atoms with Crippen LogP contribution in [0, 0.1) is 5.92 Å². The molecule has 2 atom stereocenters. The quantitative estimate of drug-likeness (QED) is 0.651. The van der Waals surface area contributed by atoms with Crippen molar-refractivity contribution in [2.24, 2.45) is 5.92 Å². The Balaban J connectivity index is 2.14. The molecule has 0 saturated carbocycles. The van der Waals surface area contributed by atoms with E-state index in [0.29, 0.717) is 5.92 Å². The summed E-state index contributed by atoms with van der Waals surface area (Å²) in [6, 6.07) is 0. The Hall–Kier alpha value is -0.0800. The van der Waals surface area contributed by atoms with Crippen LogP contribution < -0.4 is 0 Å². The molecule has 0 radical (unpaired) electrons. The minimum absolute atomic E-state index is 0.417. The van der Waals surface area contributed by atoms with Gasteiger partial charge in [-0.2, -0.15) is 0 Å². The van der Waals surface area contributed by atoms with Gasteiger partial charge in [0.05, 0.1) is 6.61 Å². The fraction of sp³-hybridized carbons (Fsp3) is 1.00. The Bertz CT molecular complexity index is 93.3. The van der Waals surface area contributed by atoms with Crippen LogP contribution >= 0.6 is 0 Å². The van der Waals surface area contributed by atoms with Crippen LogP contribution in [-0.2, 0) is 4.74 Å². The molecule has 1 unspecified atom stereocenters. The van der Waals surface area contributed by atoms with Gasteiger partial charge in [-0.05, 0) is 12.8 Å². The molecule has 60 valence electrons. The van der Waals surface area contributed by atoms with Gasteiger partial charge in [-0.15, -0.1) is 0 Å². The van der Waals surface area contributed by atoms with Gasteiger partial charge in [-0.25, -0.2) is 0 Å². The molecule has 1 N–H and O–H groups in total. The molecule has 1 fully saturated rings. The molecule has 0 aromatic carbocycles. The standard InChI is InChI=1S/C8H16O2/c1-2-3-4-7-5-6-10-8(7)9/h7-9H,2-6H2,1H3/t7?,8-/m0/s1. The lowest BCUT2D eigenvalue weighted by Crippen LogP contribution is -2.14. The van der Waals surface area contributed by atoms with Crippen LogP contribution in [0.1, 0.15) is 32.6 Å². The summed E-state index contributed by atoms with van der Waals surface area (Å²) < 4.78 is 5.02. The van der Waals surface area contributed by atoms with E-state index in [2.05, 4.69) is 6.92 Å². The largest absolute Gasteiger partial charge is 0.368 e. The highest BCUT2D eigenvalue weighted by molar-refractivity contribution is 4.67. The van der Waals surface area contributed by atoms with Crippen molar-refractivity contribution >= 4 is 0 Å². The normalized spacial score (nSPS) is 33.0. The molecule has 10 heavy (non-hydrogen) atoms. The van der Waals surface area contributed by atoms with Gasteiger partial charge in [0.15, 0.2) is 6.29 Å². The molecule has 0 bridgehead atoms. The average molecular weight is 144 g/mol. The van der Waals surface area contributed by atoms with Crippen LogP contribution in [0.3, 0.4) is 0 Å². The SMILES string of the molecule is CCCCC1CCO[C@@H]1O. The Morgan fingerprint density at radius 3 is 2.90 bits per heavy atom.